The third kappa shape index (κ3) is 6.17. The normalized spacial score (nSPS) is 16.1. The van der Waals surface area contributed by atoms with Crippen LogP contribution in [-0.2, 0) is 9.53 Å². The highest BCUT2D eigenvalue weighted by Crippen LogP contribution is 2.20. The fraction of sp³-hybridized carbons (Fsp3) is 0.294. The second-order valence-corrected chi connectivity index (χ2v) is 5.37. The molecule has 8 heteroatoms. The average Bonchev–Trinajstić information content (AvgIpc) is 2.59. The van der Waals surface area contributed by atoms with Gasteiger partial charge in [-0.3, -0.25) is 4.79 Å². The first-order valence-electron chi connectivity index (χ1n) is 7.53. The van der Waals surface area contributed by atoms with Crippen LogP contribution >= 0.6 is 24.8 Å². The van der Waals surface area contributed by atoms with Gasteiger partial charge in [-0.05, 0) is 25.1 Å². The first kappa shape index (κ1) is 21.2. The van der Waals surface area contributed by atoms with E-state index in [2.05, 4.69) is 15.6 Å². The minimum Gasteiger partial charge on any atom is -0.439 e. The van der Waals surface area contributed by atoms with Gasteiger partial charge >= 0.3 is 0 Å². The Balaban J connectivity index is 0.00000156. The fourth-order valence-electron chi connectivity index (χ4n) is 2.20. The Kier molecular flexibility index (Phi) is 8.65. The molecular weight excluding hydrogens is 365 g/mol. The number of aryl methyl sites for hydroxylation is 1. The summed E-state index contributed by atoms with van der Waals surface area (Å²) in [5, 5.41) is 5.92. The highest BCUT2D eigenvalue weighted by molar-refractivity contribution is 5.94. The van der Waals surface area contributed by atoms with Gasteiger partial charge < -0.3 is 20.1 Å². The summed E-state index contributed by atoms with van der Waals surface area (Å²) < 4.78 is 10.9. The molecule has 1 unspecified atom stereocenters. The van der Waals surface area contributed by atoms with Gasteiger partial charge in [0.05, 0.1) is 25.1 Å². The van der Waals surface area contributed by atoms with E-state index in [-0.39, 0.29) is 36.8 Å². The molecule has 1 amide bonds. The Hall–Kier alpha value is -1.86. The van der Waals surface area contributed by atoms with Crippen LogP contribution in [0.25, 0.3) is 0 Å². The number of rotatable bonds is 4. The van der Waals surface area contributed by atoms with Gasteiger partial charge in [-0.15, -0.1) is 24.8 Å². The first-order chi connectivity index (χ1) is 11.2. The van der Waals surface area contributed by atoms with Gasteiger partial charge in [0, 0.05) is 12.6 Å². The lowest BCUT2D eigenvalue weighted by Gasteiger charge is -2.22. The quantitative estimate of drug-likeness (QED) is 0.846. The summed E-state index contributed by atoms with van der Waals surface area (Å²) in [7, 11) is 0. The lowest BCUT2D eigenvalue weighted by molar-refractivity contribution is -0.120. The molecule has 0 radical (unpaired) electrons. The van der Waals surface area contributed by atoms with Crippen molar-refractivity contribution in [2.45, 2.75) is 13.0 Å². The molecule has 6 nitrogen and oxygen atoms in total. The highest BCUT2D eigenvalue weighted by Gasteiger charge is 2.21. The molecule has 0 spiro atoms. The second kappa shape index (κ2) is 10.2. The summed E-state index contributed by atoms with van der Waals surface area (Å²) in [6, 6.07) is 10.9. The summed E-state index contributed by atoms with van der Waals surface area (Å²) in [6.45, 7) is 3.72. The van der Waals surface area contributed by atoms with Gasteiger partial charge in [0.25, 0.3) is 0 Å². The molecule has 1 aromatic carbocycles. The highest BCUT2D eigenvalue weighted by atomic mass is 35.5. The number of nitrogens with zero attached hydrogens (tertiary/aromatic N) is 1. The minimum atomic E-state index is -0.327. The van der Waals surface area contributed by atoms with E-state index in [9.17, 15) is 4.79 Å². The van der Waals surface area contributed by atoms with Crippen molar-refractivity contribution in [3.63, 3.8) is 0 Å². The molecule has 0 saturated carbocycles. The van der Waals surface area contributed by atoms with E-state index in [1.165, 1.54) is 5.56 Å². The third-order valence-corrected chi connectivity index (χ3v) is 3.49. The largest absolute Gasteiger partial charge is 0.439 e. The van der Waals surface area contributed by atoms with Gasteiger partial charge in [0.1, 0.15) is 11.8 Å². The predicted octanol–water partition coefficient (Wildman–Crippen LogP) is 2.95. The SMILES string of the molecule is Cc1ccc(Oc2ccc(NC(=O)C3COCCN3)cn2)cc1.Cl.Cl. The van der Waals surface area contributed by atoms with Crippen molar-refractivity contribution in [2.75, 3.05) is 25.1 Å². The van der Waals surface area contributed by atoms with Gasteiger partial charge in [0.2, 0.25) is 11.8 Å². The standard InChI is InChI=1S/C17H19N3O3.2ClH/c1-12-2-5-14(6-3-12)23-16-7-4-13(10-19-16)20-17(21)15-11-22-9-8-18-15;;/h2-7,10,15,18H,8-9,11H2,1H3,(H,20,21);2*1H. The maximum atomic E-state index is 12.1. The maximum Gasteiger partial charge on any atom is 0.243 e. The number of pyridine rings is 1. The number of aromatic nitrogens is 1. The summed E-state index contributed by atoms with van der Waals surface area (Å²) in [5.74, 6) is 1.08. The number of amides is 1. The van der Waals surface area contributed by atoms with Crippen LogP contribution in [0.4, 0.5) is 5.69 Å². The monoisotopic (exact) mass is 385 g/mol. The van der Waals surface area contributed by atoms with Crippen molar-refractivity contribution < 1.29 is 14.3 Å². The number of hydrogen-bond acceptors (Lipinski definition) is 5. The number of morpholine rings is 1. The van der Waals surface area contributed by atoms with Crippen molar-refractivity contribution in [1.82, 2.24) is 10.3 Å². The van der Waals surface area contributed by atoms with Crippen molar-refractivity contribution in [2.24, 2.45) is 0 Å². The molecule has 1 fully saturated rings. The maximum absolute atomic E-state index is 12.1. The van der Waals surface area contributed by atoms with Crippen LogP contribution < -0.4 is 15.4 Å². The molecule has 1 aliphatic rings. The van der Waals surface area contributed by atoms with E-state index in [4.69, 9.17) is 9.47 Å². The van der Waals surface area contributed by atoms with Gasteiger partial charge in [-0.25, -0.2) is 4.98 Å². The van der Waals surface area contributed by atoms with Gasteiger partial charge in [-0.2, -0.15) is 0 Å². The van der Waals surface area contributed by atoms with Crippen LogP contribution in [0.3, 0.4) is 0 Å². The molecule has 0 bridgehead atoms. The van der Waals surface area contributed by atoms with E-state index in [0.717, 1.165) is 5.75 Å². The summed E-state index contributed by atoms with van der Waals surface area (Å²) >= 11 is 0. The van der Waals surface area contributed by atoms with Crippen molar-refractivity contribution in [1.29, 1.82) is 0 Å². The molecule has 2 heterocycles. The topological polar surface area (TPSA) is 72.5 Å². The summed E-state index contributed by atoms with van der Waals surface area (Å²) in [4.78, 5) is 16.3. The number of hydrogen-bond donors (Lipinski definition) is 2. The van der Waals surface area contributed by atoms with E-state index < -0.39 is 0 Å². The lowest BCUT2D eigenvalue weighted by Crippen LogP contribution is -2.48. The number of anilines is 1. The lowest BCUT2D eigenvalue weighted by atomic mass is 10.2. The molecule has 2 N–H and O–H groups in total. The molecule has 136 valence electrons. The van der Waals surface area contributed by atoms with Crippen LogP contribution in [-0.4, -0.2) is 36.7 Å². The van der Waals surface area contributed by atoms with Crippen LogP contribution in [0, 0.1) is 6.92 Å². The Bertz CT molecular complexity index is 660. The molecule has 1 atom stereocenters. The predicted molar refractivity (Wildman–Crippen MR) is 101 cm³/mol. The number of carbonyl (C=O) groups is 1. The fourth-order valence-corrected chi connectivity index (χ4v) is 2.20. The Morgan fingerprint density at radius 2 is 2.00 bits per heavy atom. The number of carbonyl (C=O) groups excluding carboxylic acids is 1. The summed E-state index contributed by atoms with van der Waals surface area (Å²) in [6.07, 6.45) is 1.57. The van der Waals surface area contributed by atoms with Crippen LogP contribution in [0.2, 0.25) is 0 Å². The molecule has 1 aliphatic heterocycles. The molecular formula is C17H21Cl2N3O3. The number of halogens is 2. The van der Waals surface area contributed by atoms with E-state index >= 15 is 0 Å². The van der Waals surface area contributed by atoms with Crippen LogP contribution in [0.15, 0.2) is 42.6 Å². The molecule has 0 aliphatic carbocycles. The molecule has 3 rings (SSSR count). The van der Waals surface area contributed by atoms with Crippen LogP contribution in [0.5, 0.6) is 11.6 Å². The Morgan fingerprint density at radius 3 is 2.60 bits per heavy atom. The van der Waals surface area contributed by atoms with E-state index in [0.29, 0.717) is 31.3 Å². The van der Waals surface area contributed by atoms with E-state index in [1.807, 2.05) is 31.2 Å². The zero-order valence-electron chi connectivity index (χ0n) is 13.7. The minimum absolute atomic E-state index is 0. The summed E-state index contributed by atoms with van der Waals surface area (Å²) in [5.41, 5.74) is 1.79. The third-order valence-electron chi connectivity index (χ3n) is 3.49. The molecule has 25 heavy (non-hydrogen) atoms. The molecule has 1 saturated heterocycles. The van der Waals surface area contributed by atoms with Crippen molar-refractivity contribution in [3.8, 4) is 11.6 Å². The van der Waals surface area contributed by atoms with Crippen molar-refractivity contribution in [3.05, 3.63) is 48.2 Å². The van der Waals surface area contributed by atoms with Gasteiger partial charge in [-0.1, -0.05) is 17.7 Å². The zero-order valence-corrected chi connectivity index (χ0v) is 15.4. The van der Waals surface area contributed by atoms with Crippen LogP contribution in [0.1, 0.15) is 5.56 Å². The molecule has 2 aromatic rings. The zero-order chi connectivity index (χ0) is 16.1. The molecule has 1 aromatic heterocycles. The van der Waals surface area contributed by atoms with E-state index in [1.54, 1.807) is 18.3 Å². The second-order valence-electron chi connectivity index (χ2n) is 5.37. The number of nitrogens with one attached hydrogen (secondary N) is 2. The average molecular weight is 386 g/mol. The Labute approximate surface area is 159 Å². The number of benzene rings is 1. The van der Waals surface area contributed by atoms with Gasteiger partial charge in [0.15, 0.2) is 0 Å². The Morgan fingerprint density at radius 1 is 1.24 bits per heavy atom. The number of ether oxygens (including phenoxy) is 2. The smallest absolute Gasteiger partial charge is 0.243 e. The van der Waals surface area contributed by atoms with Crippen molar-refractivity contribution >= 4 is 36.4 Å². The first-order valence-corrected chi connectivity index (χ1v) is 7.53.